The van der Waals surface area contributed by atoms with Gasteiger partial charge in [0.2, 0.25) is 23.6 Å². The number of nitrogens with two attached hydrogens (primary N) is 3. The molecule has 2 aliphatic heterocycles. The molecule has 17 heteroatoms. The fourth-order valence-electron chi connectivity index (χ4n) is 6.35. The first-order valence-corrected chi connectivity index (χ1v) is 19.8. The van der Waals surface area contributed by atoms with Crippen LogP contribution in [0, 0.1) is 0 Å². The number of likely N-dealkylation sites (tertiary alicyclic amines) is 2. The van der Waals surface area contributed by atoms with Crippen LogP contribution in [0.5, 0.6) is 0 Å². The number of nitrogens with one attached hydrogen (secondary N) is 4. The minimum absolute atomic E-state index is 0.0638. The van der Waals surface area contributed by atoms with E-state index in [2.05, 4.69) is 47.8 Å². The maximum Gasteiger partial charge on any atom is 0.229 e. The van der Waals surface area contributed by atoms with Gasteiger partial charge in [-0.2, -0.15) is 0 Å². The van der Waals surface area contributed by atoms with Gasteiger partial charge in [-0.3, -0.25) is 48.6 Å². The molecule has 2 aliphatic rings. The molecule has 10 N–H and O–H groups in total. The van der Waals surface area contributed by atoms with Crippen molar-refractivity contribution in [3.05, 3.63) is 0 Å². The topological polar surface area (TPSA) is 214 Å². The Kier molecular flexibility index (Phi) is 25.9. The summed E-state index contributed by atoms with van der Waals surface area (Å²) in [5, 5.41) is 13.7. The second-order valence-corrected chi connectivity index (χ2v) is 13.6. The molecular weight excluding hydrogens is 666 g/mol. The van der Waals surface area contributed by atoms with Gasteiger partial charge in [0.15, 0.2) is 0 Å². The summed E-state index contributed by atoms with van der Waals surface area (Å²) in [6.45, 7) is 21.1. The maximum absolute atomic E-state index is 12.3. The van der Waals surface area contributed by atoms with Crippen LogP contribution in [-0.4, -0.2) is 217 Å². The Morgan fingerprint density at radius 1 is 0.423 bits per heavy atom. The first-order valence-electron chi connectivity index (χ1n) is 19.8. The van der Waals surface area contributed by atoms with E-state index in [1.54, 1.807) is 0 Å². The smallest absolute Gasteiger partial charge is 0.229 e. The monoisotopic (exact) mass is 740 g/mol. The number of nitrogens with zero attached hydrogens (tertiary/aromatic N) is 6. The fourth-order valence-corrected chi connectivity index (χ4v) is 6.35. The molecule has 0 aliphatic carbocycles. The van der Waals surface area contributed by atoms with Crippen LogP contribution >= 0.6 is 0 Å². The highest BCUT2D eigenvalue weighted by atomic mass is 16.2. The molecule has 0 bridgehead atoms. The minimum Gasteiger partial charge on any atom is -0.329 e. The zero-order chi connectivity index (χ0) is 37.8. The number of imide groups is 2. The van der Waals surface area contributed by atoms with Crippen LogP contribution in [0.15, 0.2) is 0 Å². The number of hydrogen-bond acceptors (Lipinski definition) is 15. The predicted molar refractivity (Wildman–Crippen MR) is 207 cm³/mol. The molecule has 0 atom stereocenters. The largest absolute Gasteiger partial charge is 0.329 e. The van der Waals surface area contributed by atoms with Gasteiger partial charge in [0, 0.05) is 183 Å². The van der Waals surface area contributed by atoms with E-state index in [0.29, 0.717) is 71.5 Å². The molecule has 0 saturated carbocycles. The predicted octanol–water partition coefficient (Wildman–Crippen LogP) is -3.86. The van der Waals surface area contributed by atoms with Gasteiger partial charge in [-0.25, -0.2) is 0 Å². The van der Waals surface area contributed by atoms with Crippen molar-refractivity contribution in [2.45, 2.75) is 39.0 Å². The average Bonchev–Trinajstić information content (AvgIpc) is 3.64. The second-order valence-electron chi connectivity index (χ2n) is 13.6. The van der Waals surface area contributed by atoms with Crippen LogP contribution in [0.1, 0.15) is 39.0 Å². The van der Waals surface area contributed by atoms with Gasteiger partial charge >= 0.3 is 0 Å². The van der Waals surface area contributed by atoms with Crippen molar-refractivity contribution in [1.29, 1.82) is 0 Å². The second kappa shape index (κ2) is 29.2. The van der Waals surface area contributed by atoms with E-state index < -0.39 is 0 Å². The molecule has 302 valence electrons. The van der Waals surface area contributed by atoms with E-state index in [4.69, 9.17) is 17.2 Å². The van der Waals surface area contributed by atoms with E-state index >= 15 is 0 Å². The maximum atomic E-state index is 12.3. The molecule has 4 amide bonds. The SMILES string of the molecule is CCCNCCN(CCN(CCNCCN)CCN(CCNCCN)CCN(CCNCCN)CCN1C(=O)CCC1=O)CCN1C(=O)CCC1=O. The van der Waals surface area contributed by atoms with E-state index in [1.165, 1.54) is 9.80 Å². The molecule has 0 aromatic carbocycles. The van der Waals surface area contributed by atoms with Crippen molar-refractivity contribution in [2.24, 2.45) is 17.2 Å². The number of hydrogen-bond donors (Lipinski definition) is 7. The number of carbonyl (C=O) groups is 4. The third-order valence-electron chi connectivity index (χ3n) is 9.60. The minimum atomic E-state index is -0.0753. The summed E-state index contributed by atoms with van der Waals surface area (Å²) in [6, 6.07) is 0. The van der Waals surface area contributed by atoms with Crippen LogP contribution < -0.4 is 38.5 Å². The van der Waals surface area contributed by atoms with Gasteiger partial charge in [-0.05, 0) is 13.0 Å². The highest BCUT2D eigenvalue weighted by molar-refractivity contribution is 6.02. The Balaban J connectivity index is 2.06. The molecule has 2 saturated heterocycles. The lowest BCUT2D eigenvalue weighted by molar-refractivity contribution is -0.140. The summed E-state index contributed by atoms with van der Waals surface area (Å²) in [6.07, 6.45) is 2.33. The lowest BCUT2D eigenvalue weighted by Gasteiger charge is -2.32. The van der Waals surface area contributed by atoms with Gasteiger partial charge in [0.05, 0.1) is 0 Å². The van der Waals surface area contributed by atoms with Crippen LogP contribution in [-0.2, 0) is 19.2 Å². The van der Waals surface area contributed by atoms with Crippen LogP contribution in [0.3, 0.4) is 0 Å². The molecule has 0 unspecified atom stereocenters. The molecule has 0 radical (unpaired) electrons. The van der Waals surface area contributed by atoms with Gasteiger partial charge in [0.1, 0.15) is 0 Å². The van der Waals surface area contributed by atoms with E-state index in [1.807, 2.05) is 0 Å². The summed E-state index contributed by atoms with van der Waals surface area (Å²) < 4.78 is 0. The zero-order valence-corrected chi connectivity index (χ0v) is 32.3. The van der Waals surface area contributed by atoms with Gasteiger partial charge < -0.3 is 38.5 Å². The molecule has 52 heavy (non-hydrogen) atoms. The highest BCUT2D eigenvalue weighted by Gasteiger charge is 2.30. The molecule has 17 nitrogen and oxygen atoms in total. The number of carbonyl (C=O) groups excluding carboxylic acids is 4. The number of amides is 4. The van der Waals surface area contributed by atoms with Gasteiger partial charge in [0.25, 0.3) is 0 Å². The van der Waals surface area contributed by atoms with Crippen molar-refractivity contribution in [1.82, 2.24) is 50.7 Å². The molecule has 0 spiro atoms. The van der Waals surface area contributed by atoms with E-state index in [0.717, 1.165) is 124 Å². The molecule has 2 heterocycles. The quantitative estimate of drug-likeness (QED) is 0.0245. The van der Waals surface area contributed by atoms with Crippen molar-refractivity contribution in [2.75, 3.05) is 164 Å². The van der Waals surface area contributed by atoms with Crippen LogP contribution in [0.2, 0.25) is 0 Å². The van der Waals surface area contributed by atoms with E-state index in [-0.39, 0.29) is 23.6 Å². The highest BCUT2D eigenvalue weighted by Crippen LogP contribution is 2.12. The molecule has 2 rings (SSSR count). The zero-order valence-electron chi connectivity index (χ0n) is 32.3. The Hall–Kier alpha value is -2.16. The Morgan fingerprint density at radius 2 is 0.692 bits per heavy atom. The molecular formula is C35H73N13O4. The van der Waals surface area contributed by atoms with Crippen LogP contribution in [0.4, 0.5) is 0 Å². The van der Waals surface area contributed by atoms with Crippen molar-refractivity contribution >= 4 is 23.6 Å². The fraction of sp³-hybridized carbons (Fsp3) is 0.886. The average molecular weight is 740 g/mol. The first-order chi connectivity index (χ1) is 25.3. The van der Waals surface area contributed by atoms with Crippen molar-refractivity contribution < 1.29 is 19.2 Å². The summed E-state index contributed by atoms with van der Waals surface area (Å²) in [4.78, 5) is 61.6. The van der Waals surface area contributed by atoms with Crippen LogP contribution in [0.25, 0.3) is 0 Å². The van der Waals surface area contributed by atoms with Gasteiger partial charge in [-0.1, -0.05) is 6.92 Å². The third kappa shape index (κ3) is 19.8. The summed E-state index contributed by atoms with van der Waals surface area (Å²) in [5.41, 5.74) is 17.2. The normalized spacial score (nSPS) is 15.4. The van der Waals surface area contributed by atoms with Gasteiger partial charge in [-0.15, -0.1) is 0 Å². The summed E-state index contributed by atoms with van der Waals surface area (Å²) >= 11 is 0. The lowest BCUT2D eigenvalue weighted by atomic mass is 10.3. The molecule has 0 aromatic rings. The first kappa shape index (κ1) is 46.0. The standard InChI is InChI=1S/C35H73N13O4/c1-2-10-39-14-18-45(28-30-47-32(49)3-4-33(47)50)26-24-43(19-15-40-11-7-36)22-23-44(20-16-41-12-8-37)25-27-46(21-17-42-13-9-38)29-31-48-34(51)5-6-35(48)52/h39-42H,2-31,36-38H2,1H3. The third-order valence-corrected chi connectivity index (χ3v) is 9.60. The number of rotatable bonds is 35. The molecule has 2 fully saturated rings. The summed E-state index contributed by atoms with van der Waals surface area (Å²) in [7, 11) is 0. The van der Waals surface area contributed by atoms with Crippen molar-refractivity contribution in [3.8, 4) is 0 Å². The Labute approximate surface area is 313 Å². The Morgan fingerprint density at radius 3 is 0.962 bits per heavy atom. The lowest BCUT2D eigenvalue weighted by Crippen LogP contribution is -2.48. The van der Waals surface area contributed by atoms with Crippen molar-refractivity contribution in [3.63, 3.8) is 0 Å². The Bertz CT molecular complexity index is 886. The summed E-state index contributed by atoms with van der Waals surface area (Å²) in [5.74, 6) is -0.278. The van der Waals surface area contributed by atoms with E-state index in [9.17, 15) is 19.2 Å². The molecule has 0 aromatic heterocycles.